The van der Waals surface area contributed by atoms with E-state index in [-0.39, 0.29) is 17.2 Å². The Morgan fingerprint density at radius 3 is 2.45 bits per heavy atom. The van der Waals surface area contributed by atoms with E-state index in [1.165, 1.54) is 6.07 Å². The molecule has 0 fully saturated rings. The lowest BCUT2D eigenvalue weighted by Gasteiger charge is -2.16. The van der Waals surface area contributed by atoms with Crippen LogP contribution in [0.4, 0.5) is 5.69 Å². The van der Waals surface area contributed by atoms with Gasteiger partial charge in [-0.15, -0.1) is 0 Å². The largest absolute Gasteiger partial charge is 0.395 e. The zero-order valence-corrected chi connectivity index (χ0v) is 12.4. The van der Waals surface area contributed by atoms with Gasteiger partial charge in [0.2, 0.25) is 10.0 Å². The Labute approximate surface area is 117 Å². The molecule has 1 aromatic rings. The molecule has 0 aliphatic carbocycles. The Bertz CT molecular complexity index is 609. The summed E-state index contributed by atoms with van der Waals surface area (Å²) in [7, 11) is -3.91. The van der Waals surface area contributed by atoms with Crippen molar-refractivity contribution in [3.63, 3.8) is 0 Å². The van der Waals surface area contributed by atoms with Gasteiger partial charge in [0.1, 0.15) is 0 Å². The Morgan fingerprint density at radius 2 is 2.00 bits per heavy atom. The molecule has 2 N–H and O–H groups in total. The van der Waals surface area contributed by atoms with Crippen molar-refractivity contribution in [1.82, 2.24) is 4.72 Å². The van der Waals surface area contributed by atoms with Crippen LogP contribution in [0.1, 0.15) is 24.5 Å². The van der Waals surface area contributed by atoms with Gasteiger partial charge < -0.3 is 5.11 Å². The first-order valence-corrected chi connectivity index (χ1v) is 7.60. The van der Waals surface area contributed by atoms with Crippen molar-refractivity contribution in [3.8, 4) is 0 Å². The van der Waals surface area contributed by atoms with E-state index in [0.717, 1.165) is 6.07 Å². The number of aliphatic hydroxyl groups is 1. The molecule has 0 radical (unpaired) electrons. The maximum absolute atomic E-state index is 12.3. The van der Waals surface area contributed by atoms with Gasteiger partial charge in [-0.25, -0.2) is 13.1 Å². The van der Waals surface area contributed by atoms with Crippen LogP contribution in [0, 0.1) is 24.0 Å². The summed E-state index contributed by atoms with van der Waals surface area (Å²) >= 11 is 0. The maximum Gasteiger partial charge on any atom is 0.271 e. The van der Waals surface area contributed by atoms with Crippen molar-refractivity contribution >= 4 is 15.7 Å². The molecule has 0 saturated heterocycles. The van der Waals surface area contributed by atoms with Crippen molar-refractivity contribution in [2.24, 2.45) is 0 Å². The van der Waals surface area contributed by atoms with E-state index in [4.69, 9.17) is 5.11 Å². The molecule has 0 spiro atoms. The van der Waals surface area contributed by atoms with Crippen LogP contribution in [-0.2, 0) is 10.0 Å². The zero-order valence-electron chi connectivity index (χ0n) is 11.6. The summed E-state index contributed by atoms with van der Waals surface area (Å²) in [6, 6.07) is 1.76. The highest BCUT2D eigenvalue weighted by atomic mass is 32.2. The molecule has 112 valence electrons. The fourth-order valence-corrected chi connectivity index (χ4v) is 3.37. The van der Waals surface area contributed by atoms with Crippen LogP contribution in [-0.4, -0.2) is 31.1 Å². The molecule has 1 atom stereocenters. The van der Waals surface area contributed by atoms with E-state index in [0.29, 0.717) is 17.5 Å². The van der Waals surface area contributed by atoms with E-state index in [2.05, 4.69) is 4.72 Å². The van der Waals surface area contributed by atoms with Gasteiger partial charge in [-0.2, -0.15) is 0 Å². The van der Waals surface area contributed by atoms with E-state index in [1.807, 2.05) is 0 Å². The molecule has 1 aromatic carbocycles. The molecular weight excluding hydrogens is 284 g/mol. The highest BCUT2D eigenvalue weighted by molar-refractivity contribution is 7.89. The second-order valence-corrected chi connectivity index (χ2v) is 6.23. The lowest BCUT2D eigenvalue weighted by atomic mass is 10.1. The van der Waals surface area contributed by atoms with Gasteiger partial charge in [-0.05, 0) is 31.4 Å². The molecule has 1 unspecified atom stereocenters. The molecule has 0 amide bonds. The number of nitrogens with one attached hydrogen (secondary N) is 1. The van der Waals surface area contributed by atoms with Gasteiger partial charge in [-0.3, -0.25) is 10.1 Å². The minimum atomic E-state index is -3.91. The van der Waals surface area contributed by atoms with Crippen LogP contribution in [0.5, 0.6) is 0 Å². The Kier molecular flexibility index (Phi) is 5.21. The van der Waals surface area contributed by atoms with Gasteiger partial charge in [0.15, 0.2) is 0 Å². The first kappa shape index (κ1) is 16.5. The second kappa shape index (κ2) is 6.29. The van der Waals surface area contributed by atoms with Crippen LogP contribution >= 0.6 is 0 Å². The first-order valence-electron chi connectivity index (χ1n) is 6.11. The smallest absolute Gasteiger partial charge is 0.271 e. The first-order chi connectivity index (χ1) is 9.22. The number of nitro benzene ring substituents is 1. The molecule has 0 heterocycles. The number of aliphatic hydroxyl groups excluding tert-OH is 1. The number of rotatable bonds is 6. The minimum absolute atomic E-state index is 0.129. The fraction of sp³-hybridized carbons (Fsp3) is 0.500. The van der Waals surface area contributed by atoms with Gasteiger partial charge in [0.25, 0.3) is 5.69 Å². The molecule has 0 aliphatic heterocycles. The maximum atomic E-state index is 12.3. The predicted octanol–water partition coefficient (Wildman–Crippen LogP) is 1.26. The van der Waals surface area contributed by atoms with Gasteiger partial charge in [0, 0.05) is 18.2 Å². The number of aryl methyl sites for hydroxylation is 1. The lowest BCUT2D eigenvalue weighted by molar-refractivity contribution is -0.385. The zero-order chi connectivity index (χ0) is 15.5. The van der Waals surface area contributed by atoms with Crippen LogP contribution < -0.4 is 4.72 Å². The van der Waals surface area contributed by atoms with E-state index < -0.39 is 21.0 Å². The number of hydrogen-bond acceptors (Lipinski definition) is 5. The molecule has 7 nitrogen and oxygen atoms in total. The molecule has 8 heteroatoms. The van der Waals surface area contributed by atoms with Crippen LogP contribution in [0.3, 0.4) is 0 Å². The Balaban J connectivity index is 3.34. The summed E-state index contributed by atoms with van der Waals surface area (Å²) in [5.74, 6) is 0. The van der Waals surface area contributed by atoms with Crippen molar-refractivity contribution in [2.45, 2.75) is 38.1 Å². The number of nitro groups is 1. The molecule has 20 heavy (non-hydrogen) atoms. The average molecular weight is 302 g/mol. The summed E-state index contributed by atoms with van der Waals surface area (Å²) in [5.41, 5.74) is 0.707. The molecular formula is C12H18N2O5S. The van der Waals surface area contributed by atoms with Gasteiger partial charge >= 0.3 is 0 Å². The van der Waals surface area contributed by atoms with Crippen molar-refractivity contribution < 1.29 is 18.4 Å². The molecule has 0 saturated carbocycles. The molecule has 0 aliphatic rings. The summed E-state index contributed by atoms with van der Waals surface area (Å²) in [6.07, 6.45) is 0.419. The van der Waals surface area contributed by atoms with Gasteiger partial charge in [-0.1, -0.05) is 6.92 Å². The third-order valence-corrected chi connectivity index (χ3v) is 4.79. The Hall–Kier alpha value is -1.51. The summed E-state index contributed by atoms with van der Waals surface area (Å²) in [4.78, 5) is 10.1. The third kappa shape index (κ3) is 3.53. The lowest BCUT2D eigenvalue weighted by Crippen LogP contribution is -2.37. The van der Waals surface area contributed by atoms with E-state index >= 15 is 0 Å². The number of sulfonamides is 1. The molecule has 1 rings (SSSR count). The second-order valence-electron chi connectivity index (χ2n) is 4.55. The van der Waals surface area contributed by atoms with Crippen molar-refractivity contribution in [2.75, 3.05) is 6.61 Å². The normalized spacial score (nSPS) is 13.2. The number of benzene rings is 1. The Morgan fingerprint density at radius 1 is 1.40 bits per heavy atom. The number of hydrogen-bond donors (Lipinski definition) is 2. The van der Waals surface area contributed by atoms with Crippen LogP contribution in [0.2, 0.25) is 0 Å². The number of non-ortho nitro benzene ring substituents is 1. The molecule has 0 aromatic heterocycles. The monoisotopic (exact) mass is 302 g/mol. The quantitative estimate of drug-likeness (QED) is 0.607. The number of nitrogens with zero attached hydrogens (tertiary/aromatic N) is 1. The summed E-state index contributed by atoms with van der Waals surface area (Å²) in [5, 5.41) is 19.9. The highest BCUT2D eigenvalue weighted by Crippen LogP contribution is 2.25. The van der Waals surface area contributed by atoms with E-state index in [1.54, 1.807) is 20.8 Å². The average Bonchev–Trinajstić information content (AvgIpc) is 2.38. The standard InChI is InChI=1S/C12H18N2O5S/c1-4-10(7-15)13-20(18,19)12-6-11(14(16)17)5-8(2)9(12)3/h5-6,10,13,15H,4,7H2,1-3H3. The summed E-state index contributed by atoms with van der Waals surface area (Å²) < 4.78 is 26.9. The SMILES string of the molecule is CCC(CO)NS(=O)(=O)c1cc([N+](=O)[O-])cc(C)c1C. The van der Waals surface area contributed by atoms with Crippen molar-refractivity contribution in [1.29, 1.82) is 0 Å². The fourth-order valence-electron chi connectivity index (χ4n) is 1.73. The molecule has 0 bridgehead atoms. The predicted molar refractivity (Wildman–Crippen MR) is 74.1 cm³/mol. The minimum Gasteiger partial charge on any atom is -0.395 e. The topological polar surface area (TPSA) is 110 Å². The van der Waals surface area contributed by atoms with Crippen LogP contribution in [0.25, 0.3) is 0 Å². The van der Waals surface area contributed by atoms with Crippen LogP contribution in [0.15, 0.2) is 17.0 Å². The van der Waals surface area contributed by atoms with E-state index in [9.17, 15) is 18.5 Å². The highest BCUT2D eigenvalue weighted by Gasteiger charge is 2.24. The summed E-state index contributed by atoms with van der Waals surface area (Å²) in [6.45, 7) is 4.61. The van der Waals surface area contributed by atoms with Gasteiger partial charge in [0.05, 0.1) is 16.4 Å². The van der Waals surface area contributed by atoms with Crippen molar-refractivity contribution in [3.05, 3.63) is 33.4 Å². The third-order valence-electron chi connectivity index (χ3n) is 3.14.